The van der Waals surface area contributed by atoms with Crippen LogP contribution in [0.25, 0.3) is 0 Å². The van der Waals surface area contributed by atoms with Crippen molar-refractivity contribution in [3.8, 4) is 0 Å². The van der Waals surface area contributed by atoms with E-state index in [1.165, 1.54) is 0 Å². The van der Waals surface area contributed by atoms with Gasteiger partial charge in [0.2, 0.25) is 0 Å². The van der Waals surface area contributed by atoms with Gasteiger partial charge in [-0.3, -0.25) is 0 Å². The molecule has 0 saturated heterocycles. The molecular formula is C7H2F13I. The van der Waals surface area contributed by atoms with Crippen molar-refractivity contribution in [2.45, 2.75) is 35.8 Å². The van der Waals surface area contributed by atoms with Gasteiger partial charge in [-0.2, -0.15) is 57.1 Å². The number of hydrogen-bond donors (Lipinski definition) is 0. The summed E-state index contributed by atoms with van der Waals surface area (Å²) in [4.78, 5) is 0. The fourth-order valence-electron chi connectivity index (χ4n) is 0.886. The lowest BCUT2D eigenvalue weighted by Crippen LogP contribution is -2.70. The summed E-state index contributed by atoms with van der Waals surface area (Å²) in [6.45, 7) is 0. The second-order valence-electron chi connectivity index (χ2n) is 3.63. The highest BCUT2D eigenvalue weighted by atomic mass is 127. The number of hydrogen-bond acceptors (Lipinski definition) is 0. The van der Waals surface area contributed by atoms with Crippen molar-refractivity contribution in [2.24, 2.45) is 0 Å². The van der Waals surface area contributed by atoms with Crippen molar-refractivity contribution >= 4 is 22.6 Å². The average Bonchev–Trinajstić information content (AvgIpc) is 2.26. The van der Waals surface area contributed by atoms with Gasteiger partial charge < -0.3 is 0 Å². The van der Waals surface area contributed by atoms with Crippen molar-refractivity contribution in [1.29, 1.82) is 0 Å². The van der Waals surface area contributed by atoms with E-state index >= 15 is 0 Å². The van der Waals surface area contributed by atoms with Gasteiger partial charge in [0.15, 0.2) is 0 Å². The molecule has 0 aliphatic rings. The molecule has 0 fully saturated rings. The summed E-state index contributed by atoms with van der Waals surface area (Å²) in [6, 6.07) is 0. The monoisotopic (exact) mass is 460 g/mol. The maximum absolute atomic E-state index is 12.7. The molecule has 14 heteroatoms. The minimum absolute atomic E-state index is 0.343. The van der Waals surface area contributed by atoms with E-state index in [-0.39, 0.29) is 0 Å². The fraction of sp³-hybridized carbons (Fsp3) is 1.00. The largest absolute Gasteiger partial charge is 0.460 e. The zero-order valence-corrected chi connectivity index (χ0v) is 11.2. The zero-order valence-electron chi connectivity index (χ0n) is 9.00. The molecule has 0 radical (unpaired) electrons. The Labute approximate surface area is 120 Å². The molecule has 0 rings (SSSR count). The molecule has 0 saturated carbocycles. The Morgan fingerprint density at radius 2 is 0.762 bits per heavy atom. The molecule has 0 bridgehead atoms. The van der Waals surface area contributed by atoms with E-state index in [0.29, 0.717) is 22.6 Å². The van der Waals surface area contributed by atoms with Gasteiger partial charge in [-0.25, -0.2) is 0 Å². The van der Waals surface area contributed by atoms with Crippen LogP contribution < -0.4 is 0 Å². The zero-order chi connectivity index (χ0) is 17.7. The first-order valence-electron chi connectivity index (χ1n) is 4.33. The van der Waals surface area contributed by atoms with Crippen LogP contribution in [-0.4, -0.2) is 40.2 Å². The van der Waals surface area contributed by atoms with E-state index in [1.54, 1.807) is 0 Å². The topological polar surface area (TPSA) is 0 Å². The molecule has 0 atom stereocenters. The van der Waals surface area contributed by atoms with E-state index < -0.39 is 40.2 Å². The molecule has 21 heavy (non-hydrogen) atoms. The summed E-state index contributed by atoms with van der Waals surface area (Å²) in [6.07, 6.45) is -7.37. The van der Waals surface area contributed by atoms with Crippen molar-refractivity contribution in [2.75, 3.05) is 4.43 Å². The third kappa shape index (κ3) is 2.75. The number of alkyl halides is 14. The van der Waals surface area contributed by atoms with Crippen molar-refractivity contribution in [3.05, 3.63) is 0 Å². The second kappa shape index (κ2) is 5.18. The Hall–Kier alpha value is -0.180. The van der Waals surface area contributed by atoms with Gasteiger partial charge in [-0.15, -0.1) is 0 Å². The van der Waals surface area contributed by atoms with Gasteiger partial charge in [0.1, 0.15) is 0 Å². The quantitative estimate of drug-likeness (QED) is 0.302. The molecular weight excluding hydrogens is 458 g/mol. The maximum atomic E-state index is 12.7. The van der Waals surface area contributed by atoms with E-state index in [2.05, 4.69) is 0 Å². The van der Waals surface area contributed by atoms with Crippen molar-refractivity contribution < 1.29 is 57.1 Å². The molecule has 0 amide bonds. The summed E-state index contributed by atoms with van der Waals surface area (Å²) < 4.78 is 158. The predicted octanol–water partition coefficient (Wildman–Crippen LogP) is 5.16. The minimum atomic E-state index is -7.81. The van der Waals surface area contributed by atoms with Gasteiger partial charge in [-0.1, -0.05) is 22.6 Å². The molecule has 0 aromatic carbocycles. The molecule has 0 spiro atoms. The third-order valence-corrected chi connectivity index (χ3v) is 3.12. The first-order chi connectivity index (χ1) is 8.81. The standard InChI is InChI=1S/C7H2F13I/c8-2(9,1-21)3(10,11)4(12,13)5(14,15)6(16,17)7(18,19)20/h1H2. The first kappa shape index (κ1) is 20.8. The van der Waals surface area contributed by atoms with Crippen LogP contribution >= 0.6 is 22.6 Å². The predicted molar refractivity (Wildman–Crippen MR) is 49.7 cm³/mol. The number of halogens is 14. The van der Waals surface area contributed by atoms with Crippen LogP contribution in [0.15, 0.2) is 0 Å². The van der Waals surface area contributed by atoms with Crippen LogP contribution in [0.5, 0.6) is 0 Å². The second-order valence-corrected chi connectivity index (χ2v) is 4.40. The molecule has 0 aromatic heterocycles. The Kier molecular flexibility index (Phi) is 5.13. The fourth-order valence-corrected chi connectivity index (χ4v) is 1.36. The summed E-state index contributed by atoms with van der Waals surface area (Å²) in [5.74, 6) is -36.2. The summed E-state index contributed by atoms with van der Waals surface area (Å²) in [5.41, 5.74) is 0. The Morgan fingerprint density at radius 1 is 0.476 bits per heavy atom. The van der Waals surface area contributed by atoms with Gasteiger partial charge >= 0.3 is 35.8 Å². The van der Waals surface area contributed by atoms with E-state index in [9.17, 15) is 57.1 Å². The lowest BCUT2D eigenvalue weighted by Gasteiger charge is -2.39. The Balaban J connectivity index is 6.14. The van der Waals surface area contributed by atoms with Crippen molar-refractivity contribution in [3.63, 3.8) is 0 Å². The summed E-state index contributed by atoms with van der Waals surface area (Å²) in [7, 11) is 0. The molecule has 0 unspecified atom stereocenters. The highest BCUT2D eigenvalue weighted by molar-refractivity contribution is 14.1. The first-order valence-corrected chi connectivity index (χ1v) is 5.85. The maximum Gasteiger partial charge on any atom is 0.460 e. The van der Waals surface area contributed by atoms with E-state index in [1.807, 2.05) is 0 Å². The molecule has 0 aromatic rings. The SMILES string of the molecule is FC(F)(F)C(F)(F)C(F)(F)C(F)(F)C(F)(F)C(F)(F)CI. The van der Waals surface area contributed by atoms with Gasteiger partial charge in [0.05, 0.1) is 4.43 Å². The smallest absolute Gasteiger partial charge is 0.199 e. The van der Waals surface area contributed by atoms with Gasteiger partial charge in [0, 0.05) is 0 Å². The molecule has 0 aliphatic carbocycles. The summed E-state index contributed by atoms with van der Waals surface area (Å²) in [5, 5.41) is 0. The minimum Gasteiger partial charge on any atom is -0.199 e. The highest BCUT2D eigenvalue weighted by Crippen LogP contribution is 2.60. The van der Waals surface area contributed by atoms with Crippen LogP contribution in [0.1, 0.15) is 0 Å². The normalized spacial score (nSPS) is 16.3. The van der Waals surface area contributed by atoms with E-state index in [4.69, 9.17) is 0 Å². The molecule has 0 aliphatic heterocycles. The summed E-state index contributed by atoms with van der Waals surface area (Å²) >= 11 is 0.343. The molecule has 128 valence electrons. The number of rotatable bonds is 5. The van der Waals surface area contributed by atoms with Gasteiger partial charge in [-0.05, 0) is 0 Å². The highest BCUT2D eigenvalue weighted by Gasteiger charge is 2.90. The molecule has 0 heterocycles. The van der Waals surface area contributed by atoms with Crippen LogP contribution in [0.4, 0.5) is 57.1 Å². The molecule has 0 nitrogen and oxygen atoms in total. The van der Waals surface area contributed by atoms with Gasteiger partial charge in [0.25, 0.3) is 0 Å². The van der Waals surface area contributed by atoms with Crippen LogP contribution in [-0.2, 0) is 0 Å². The average molecular weight is 460 g/mol. The van der Waals surface area contributed by atoms with Crippen LogP contribution in [0, 0.1) is 0 Å². The lowest BCUT2D eigenvalue weighted by atomic mass is 9.95. The van der Waals surface area contributed by atoms with Crippen molar-refractivity contribution in [1.82, 2.24) is 0 Å². The van der Waals surface area contributed by atoms with Crippen LogP contribution in [0.3, 0.4) is 0 Å². The molecule has 0 N–H and O–H groups in total. The Morgan fingerprint density at radius 3 is 1.00 bits per heavy atom. The van der Waals surface area contributed by atoms with Crippen LogP contribution in [0.2, 0.25) is 0 Å². The Bertz CT molecular complexity index is 380. The lowest BCUT2D eigenvalue weighted by molar-refractivity contribution is -0.437. The van der Waals surface area contributed by atoms with E-state index in [0.717, 1.165) is 0 Å². The third-order valence-electron chi connectivity index (χ3n) is 2.17.